The van der Waals surface area contributed by atoms with E-state index in [1.807, 2.05) is 24.3 Å². The Labute approximate surface area is 121 Å². The van der Waals surface area contributed by atoms with Crippen LogP contribution in [0.2, 0.25) is 0 Å². The van der Waals surface area contributed by atoms with E-state index in [-0.39, 0.29) is 6.61 Å². The molecule has 1 aromatic rings. The fourth-order valence-electron chi connectivity index (χ4n) is 2.94. The number of nitrogens with two attached hydrogens (primary N) is 1. The fraction of sp³-hybridized carbons (Fsp3) is 0.625. The topological polar surface area (TPSA) is 58.7 Å². The molecule has 0 aliphatic heterocycles. The molecule has 0 amide bonds. The highest BCUT2D eigenvalue weighted by Crippen LogP contribution is 2.23. The van der Waals surface area contributed by atoms with Crippen molar-refractivity contribution in [2.24, 2.45) is 0 Å². The van der Waals surface area contributed by atoms with Crippen LogP contribution in [0.3, 0.4) is 0 Å². The van der Waals surface area contributed by atoms with Gasteiger partial charge in [0.05, 0.1) is 18.9 Å². The van der Waals surface area contributed by atoms with Crippen LogP contribution >= 0.6 is 0 Å². The summed E-state index contributed by atoms with van der Waals surface area (Å²) in [5.74, 6) is 0.766. The highest BCUT2D eigenvalue weighted by atomic mass is 16.5. The molecule has 0 radical (unpaired) electrons. The monoisotopic (exact) mass is 278 g/mol. The van der Waals surface area contributed by atoms with E-state index < -0.39 is 0 Å². The molecule has 0 atom stereocenters. The Bertz CT molecular complexity index is 392. The molecule has 1 saturated carbocycles. The quantitative estimate of drug-likeness (QED) is 0.566. The normalized spacial score (nSPS) is 15.9. The van der Waals surface area contributed by atoms with Crippen molar-refractivity contribution in [3.8, 4) is 5.75 Å². The number of aliphatic hydroxyl groups excluding tert-OH is 1. The number of rotatable bonds is 8. The molecule has 4 heteroatoms. The van der Waals surface area contributed by atoms with Crippen LogP contribution in [0, 0.1) is 0 Å². The van der Waals surface area contributed by atoms with Gasteiger partial charge in [-0.3, -0.25) is 4.90 Å². The Morgan fingerprint density at radius 3 is 2.65 bits per heavy atom. The second-order valence-electron chi connectivity index (χ2n) is 5.44. The van der Waals surface area contributed by atoms with Gasteiger partial charge >= 0.3 is 0 Å². The molecule has 112 valence electrons. The van der Waals surface area contributed by atoms with Gasteiger partial charge in [0.15, 0.2) is 0 Å². The van der Waals surface area contributed by atoms with Crippen LogP contribution in [-0.2, 0) is 0 Å². The van der Waals surface area contributed by atoms with Crippen molar-refractivity contribution in [3.05, 3.63) is 24.3 Å². The highest BCUT2D eigenvalue weighted by Gasteiger charge is 2.21. The summed E-state index contributed by atoms with van der Waals surface area (Å²) in [4.78, 5) is 2.41. The summed E-state index contributed by atoms with van der Waals surface area (Å²) in [6, 6.07) is 8.25. The molecule has 3 N–H and O–H groups in total. The Morgan fingerprint density at radius 2 is 1.95 bits per heavy atom. The molecule has 1 aliphatic rings. The largest absolute Gasteiger partial charge is 0.491 e. The fourth-order valence-corrected chi connectivity index (χ4v) is 2.94. The van der Waals surface area contributed by atoms with E-state index >= 15 is 0 Å². The van der Waals surface area contributed by atoms with E-state index in [2.05, 4.69) is 4.90 Å². The average molecular weight is 278 g/mol. The number of hydrogen-bond acceptors (Lipinski definition) is 4. The average Bonchev–Trinajstić information content (AvgIpc) is 2.98. The first-order valence-corrected chi connectivity index (χ1v) is 7.63. The molecular formula is C16H26N2O2. The molecular weight excluding hydrogens is 252 g/mol. The number of aliphatic hydroxyl groups is 1. The number of para-hydroxylation sites is 2. The summed E-state index contributed by atoms with van der Waals surface area (Å²) in [6.07, 6.45) is 6.15. The minimum absolute atomic E-state index is 0.239. The second-order valence-corrected chi connectivity index (χ2v) is 5.44. The molecule has 4 nitrogen and oxygen atoms in total. The molecule has 0 aromatic heterocycles. The summed E-state index contributed by atoms with van der Waals surface area (Å²) >= 11 is 0. The van der Waals surface area contributed by atoms with E-state index in [0.29, 0.717) is 18.3 Å². The van der Waals surface area contributed by atoms with Gasteiger partial charge in [-0.25, -0.2) is 0 Å². The summed E-state index contributed by atoms with van der Waals surface area (Å²) in [5, 5.41) is 9.18. The van der Waals surface area contributed by atoms with Crippen molar-refractivity contribution < 1.29 is 9.84 Å². The van der Waals surface area contributed by atoms with Crippen LogP contribution in [0.4, 0.5) is 5.69 Å². The van der Waals surface area contributed by atoms with E-state index in [1.54, 1.807) is 0 Å². The van der Waals surface area contributed by atoms with Crippen molar-refractivity contribution >= 4 is 5.69 Å². The predicted octanol–water partition coefficient (Wildman–Crippen LogP) is 2.27. The maximum atomic E-state index is 9.18. The minimum Gasteiger partial charge on any atom is -0.491 e. The summed E-state index contributed by atoms with van der Waals surface area (Å²) in [7, 11) is 0. The SMILES string of the molecule is Nc1ccccc1OCCCN(CCO)C1CCCC1. The number of hydrogen-bond donors (Lipinski definition) is 2. The smallest absolute Gasteiger partial charge is 0.142 e. The molecule has 0 heterocycles. The molecule has 1 aliphatic carbocycles. The van der Waals surface area contributed by atoms with E-state index in [0.717, 1.165) is 25.3 Å². The van der Waals surface area contributed by atoms with Gasteiger partial charge in [0.2, 0.25) is 0 Å². The highest BCUT2D eigenvalue weighted by molar-refractivity contribution is 5.51. The van der Waals surface area contributed by atoms with Gasteiger partial charge in [0.1, 0.15) is 5.75 Å². The lowest BCUT2D eigenvalue weighted by Gasteiger charge is -2.28. The maximum absolute atomic E-state index is 9.18. The first kappa shape index (κ1) is 15.1. The third-order valence-corrected chi connectivity index (χ3v) is 3.99. The Balaban J connectivity index is 1.71. The molecule has 0 unspecified atom stereocenters. The van der Waals surface area contributed by atoms with E-state index in [9.17, 15) is 5.11 Å². The lowest BCUT2D eigenvalue weighted by Crippen LogP contribution is -2.36. The molecule has 0 bridgehead atoms. The minimum atomic E-state index is 0.239. The van der Waals surface area contributed by atoms with Crippen molar-refractivity contribution in [2.45, 2.75) is 38.1 Å². The molecule has 1 fully saturated rings. The zero-order valence-corrected chi connectivity index (χ0v) is 12.1. The third kappa shape index (κ3) is 4.39. The van der Waals surface area contributed by atoms with Crippen molar-refractivity contribution in [3.63, 3.8) is 0 Å². The number of nitrogens with zero attached hydrogens (tertiary/aromatic N) is 1. The summed E-state index contributed by atoms with van der Waals surface area (Å²) in [5.41, 5.74) is 6.53. The van der Waals surface area contributed by atoms with Gasteiger partial charge < -0.3 is 15.6 Å². The lowest BCUT2D eigenvalue weighted by molar-refractivity contribution is 0.142. The molecule has 1 aromatic carbocycles. The van der Waals surface area contributed by atoms with Gasteiger partial charge in [-0.2, -0.15) is 0 Å². The van der Waals surface area contributed by atoms with Crippen LogP contribution in [-0.4, -0.2) is 42.4 Å². The van der Waals surface area contributed by atoms with Gasteiger partial charge in [-0.15, -0.1) is 0 Å². The Kier molecular flexibility index (Phi) is 6.15. The molecule has 0 spiro atoms. The van der Waals surface area contributed by atoms with Crippen molar-refractivity contribution in [1.82, 2.24) is 4.90 Å². The number of ether oxygens (including phenoxy) is 1. The van der Waals surface area contributed by atoms with Crippen molar-refractivity contribution in [2.75, 3.05) is 32.0 Å². The standard InChI is InChI=1S/C16H26N2O2/c17-15-8-3-4-9-16(15)20-13-5-10-18(11-12-19)14-6-1-2-7-14/h3-4,8-9,14,19H,1-2,5-7,10-13,17H2. The molecule has 20 heavy (non-hydrogen) atoms. The summed E-state index contributed by atoms with van der Waals surface area (Å²) in [6.45, 7) is 2.67. The first-order chi connectivity index (χ1) is 9.81. The Morgan fingerprint density at radius 1 is 1.20 bits per heavy atom. The zero-order chi connectivity index (χ0) is 14.2. The second kappa shape index (κ2) is 8.12. The van der Waals surface area contributed by atoms with Crippen LogP contribution < -0.4 is 10.5 Å². The van der Waals surface area contributed by atoms with E-state index in [1.165, 1.54) is 25.7 Å². The van der Waals surface area contributed by atoms with Gasteiger partial charge in [-0.1, -0.05) is 25.0 Å². The Hall–Kier alpha value is -1.26. The van der Waals surface area contributed by atoms with E-state index in [4.69, 9.17) is 10.5 Å². The van der Waals surface area contributed by atoms with Crippen LogP contribution in [0.25, 0.3) is 0 Å². The summed E-state index contributed by atoms with van der Waals surface area (Å²) < 4.78 is 5.71. The number of nitrogen functional groups attached to an aromatic ring is 1. The van der Waals surface area contributed by atoms with Gasteiger partial charge in [0.25, 0.3) is 0 Å². The maximum Gasteiger partial charge on any atom is 0.142 e. The first-order valence-electron chi connectivity index (χ1n) is 7.63. The van der Waals surface area contributed by atoms with Crippen molar-refractivity contribution in [1.29, 1.82) is 0 Å². The van der Waals surface area contributed by atoms with Crippen LogP contribution in [0.5, 0.6) is 5.75 Å². The zero-order valence-electron chi connectivity index (χ0n) is 12.1. The van der Waals surface area contributed by atoms with Crippen LogP contribution in [0.15, 0.2) is 24.3 Å². The van der Waals surface area contributed by atoms with Gasteiger partial charge in [-0.05, 0) is 31.4 Å². The number of benzene rings is 1. The molecule has 2 rings (SSSR count). The predicted molar refractivity (Wildman–Crippen MR) is 81.9 cm³/mol. The molecule has 0 saturated heterocycles. The third-order valence-electron chi connectivity index (χ3n) is 3.99. The lowest BCUT2D eigenvalue weighted by atomic mass is 10.2. The van der Waals surface area contributed by atoms with Gasteiger partial charge in [0, 0.05) is 19.1 Å². The van der Waals surface area contributed by atoms with Crippen LogP contribution in [0.1, 0.15) is 32.1 Å². The number of anilines is 1.